The molecular weight excluding hydrogens is 494 g/mol. The van der Waals surface area contributed by atoms with Gasteiger partial charge in [0.2, 0.25) is 5.91 Å². The highest BCUT2D eigenvalue weighted by atomic mass is 16.5. The smallest absolute Gasteiger partial charge is 0.329 e. The van der Waals surface area contributed by atoms with Crippen LogP contribution in [0.15, 0.2) is 90.6 Å². The second kappa shape index (κ2) is 11.1. The second-order valence-electron chi connectivity index (χ2n) is 9.13. The Bertz CT molecular complexity index is 1590. The van der Waals surface area contributed by atoms with E-state index in [1.54, 1.807) is 30.3 Å². The Balaban J connectivity index is 1.26. The first kappa shape index (κ1) is 25.5. The van der Waals surface area contributed by atoms with E-state index < -0.39 is 24.4 Å². The molecule has 39 heavy (non-hydrogen) atoms. The van der Waals surface area contributed by atoms with Gasteiger partial charge in [0.25, 0.3) is 5.91 Å². The summed E-state index contributed by atoms with van der Waals surface area (Å²) in [4.78, 5) is 38.6. The minimum absolute atomic E-state index is 0.0645. The van der Waals surface area contributed by atoms with E-state index >= 15 is 0 Å². The van der Waals surface area contributed by atoms with Gasteiger partial charge in [-0.3, -0.25) is 9.59 Å². The molecule has 1 aliphatic heterocycles. The third-order valence-electron chi connectivity index (χ3n) is 6.36. The Labute approximate surface area is 225 Å². The third-order valence-corrected chi connectivity index (χ3v) is 6.36. The molecule has 8 heteroatoms. The molecule has 0 spiro atoms. The fraction of sp³-hybridized carbons (Fsp3) is 0.129. The summed E-state index contributed by atoms with van der Waals surface area (Å²) in [6, 6.07) is 26.0. The van der Waals surface area contributed by atoms with Crippen LogP contribution in [0, 0.1) is 6.92 Å². The lowest BCUT2D eigenvalue weighted by atomic mass is 10.1. The fourth-order valence-corrected chi connectivity index (χ4v) is 4.33. The van der Waals surface area contributed by atoms with Gasteiger partial charge in [0.15, 0.2) is 11.5 Å². The van der Waals surface area contributed by atoms with Gasteiger partial charge in [-0.1, -0.05) is 66.2 Å². The number of hydrogen-bond donors (Lipinski definition) is 2. The molecule has 4 amide bonds. The number of carbonyl (C=O) groups is 3. The Kier molecular flexibility index (Phi) is 7.27. The molecule has 1 aliphatic rings. The van der Waals surface area contributed by atoms with Crippen LogP contribution in [0.5, 0.6) is 11.5 Å². The maximum atomic E-state index is 12.9. The van der Waals surface area contributed by atoms with Gasteiger partial charge in [-0.25, -0.2) is 9.69 Å². The Morgan fingerprint density at radius 1 is 0.949 bits per heavy atom. The van der Waals surface area contributed by atoms with Crippen LogP contribution < -0.4 is 20.1 Å². The standard InChI is InChI=1S/C31H27N3O5/c1-20-10-13-24(14-11-20)32-29(35)18-34-30(36)26(33-31(34)37)16-21-12-15-27(28(17-21)38-2)39-19-23-8-5-7-22-6-3-4-9-25(22)23/h3-17H,18-19H2,1-2H3,(H,32,35)(H,33,37)/b26-16+. The van der Waals surface area contributed by atoms with Crippen LogP contribution in [0.25, 0.3) is 16.8 Å². The SMILES string of the molecule is COc1cc(/C=C2/NC(=O)N(CC(=O)Nc3ccc(C)cc3)C2=O)ccc1OCc1cccc2ccccc12. The first-order valence-corrected chi connectivity index (χ1v) is 12.4. The van der Waals surface area contributed by atoms with Crippen molar-refractivity contribution in [2.75, 3.05) is 19.0 Å². The number of benzene rings is 4. The van der Waals surface area contributed by atoms with Gasteiger partial charge in [-0.05, 0) is 59.2 Å². The number of aryl methyl sites for hydroxylation is 1. The summed E-state index contributed by atoms with van der Waals surface area (Å²) in [6.07, 6.45) is 1.54. The summed E-state index contributed by atoms with van der Waals surface area (Å²) in [5.41, 5.74) is 3.38. The van der Waals surface area contributed by atoms with Crippen LogP contribution in [-0.2, 0) is 16.2 Å². The van der Waals surface area contributed by atoms with E-state index in [1.807, 2.05) is 43.3 Å². The molecule has 0 aliphatic carbocycles. The van der Waals surface area contributed by atoms with Gasteiger partial charge in [0.1, 0.15) is 18.8 Å². The molecule has 1 fully saturated rings. The number of anilines is 1. The van der Waals surface area contributed by atoms with E-state index in [9.17, 15) is 14.4 Å². The molecular formula is C31H27N3O5. The molecule has 0 unspecified atom stereocenters. The molecule has 0 saturated carbocycles. The first-order valence-electron chi connectivity index (χ1n) is 12.4. The zero-order valence-electron chi connectivity index (χ0n) is 21.6. The lowest BCUT2D eigenvalue weighted by molar-refractivity contribution is -0.127. The molecule has 196 valence electrons. The van der Waals surface area contributed by atoms with E-state index in [0.717, 1.165) is 26.8 Å². The monoisotopic (exact) mass is 521 g/mol. The van der Waals surface area contributed by atoms with E-state index in [1.165, 1.54) is 13.2 Å². The zero-order chi connectivity index (χ0) is 27.4. The quantitative estimate of drug-likeness (QED) is 0.243. The van der Waals surface area contributed by atoms with Gasteiger partial charge in [-0.2, -0.15) is 0 Å². The van der Waals surface area contributed by atoms with Crippen molar-refractivity contribution < 1.29 is 23.9 Å². The van der Waals surface area contributed by atoms with E-state index in [0.29, 0.717) is 29.4 Å². The summed E-state index contributed by atoms with van der Waals surface area (Å²) in [7, 11) is 1.54. The molecule has 0 bridgehead atoms. The normalized spacial score (nSPS) is 14.0. The molecule has 4 aromatic rings. The molecule has 2 N–H and O–H groups in total. The van der Waals surface area contributed by atoms with E-state index in [-0.39, 0.29) is 5.70 Å². The van der Waals surface area contributed by atoms with Crippen LogP contribution in [0.3, 0.4) is 0 Å². The number of imide groups is 1. The van der Waals surface area contributed by atoms with Gasteiger partial charge in [0.05, 0.1) is 7.11 Å². The maximum Gasteiger partial charge on any atom is 0.329 e. The number of fused-ring (bicyclic) bond motifs is 1. The minimum Gasteiger partial charge on any atom is -0.493 e. The van der Waals surface area contributed by atoms with Gasteiger partial charge >= 0.3 is 6.03 Å². The summed E-state index contributed by atoms with van der Waals surface area (Å²) in [6.45, 7) is 1.89. The zero-order valence-corrected chi connectivity index (χ0v) is 21.6. The number of ether oxygens (including phenoxy) is 2. The highest BCUT2D eigenvalue weighted by Crippen LogP contribution is 2.31. The van der Waals surface area contributed by atoms with Gasteiger partial charge in [0, 0.05) is 5.69 Å². The number of rotatable bonds is 8. The van der Waals surface area contributed by atoms with Crippen LogP contribution in [0.2, 0.25) is 0 Å². The number of amides is 4. The van der Waals surface area contributed by atoms with E-state index in [2.05, 4.69) is 28.8 Å². The average Bonchev–Trinajstić information content (AvgIpc) is 3.20. The summed E-state index contributed by atoms with van der Waals surface area (Å²) < 4.78 is 11.6. The van der Waals surface area contributed by atoms with Gasteiger partial charge in [-0.15, -0.1) is 0 Å². The topological polar surface area (TPSA) is 97.0 Å². The molecule has 0 atom stereocenters. The van der Waals surface area contributed by atoms with Crippen LogP contribution in [0.4, 0.5) is 10.5 Å². The predicted molar refractivity (Wildman–Crippen MR) is 149 cm³/mol. The van der Waals surface area contributed by atoms with Crippen molar-refractivity contribution in [3.63, 3.8) is 0 Å². The highest BCUT2D eigenvalue weighted by molar-refractivity contribution is 6.16. The van der Waals surface area contributed by atoms with Crippen molar-refractivity contribution in [1.82, 2.24) is 10.2 Å². The van der Waals surface area contributed by atoms with Crippen molar-refractivity contribution in [2.24, 2.45) is 0 Å². The van der Waals surface area contributed by atoms with Crippen molar-refractivity contribution in [3.05, 3.63) is 107 Å². The van der Waals surface area contributed by atoms with E-state index in [4.69, 9.17) is 9.47 Å². The maximum absolute atomic E-state index is 12.9. The lowest BCUT2D eigenvalue weighted by Crippen LogP contribution is -2.38. The van der Waals surface area contributed by atoms with Crippen molar-refractivity contribution in [3.8, 4) is 11.5 Å². The lowest BCUT2D eigenvalue weighted by Gasteiger charge is -2.13. The largest absolute Gasteiger partial charge is 0.493 e. The Morgan fingerprint density at radius 3 is 2.51 bits per heavy atom. The second-order valence-corrected chi connectivity index (χ2v) is 9.13. The summed E-state index contributed by atoms with van der Waals surface area (Å²) >= 11 is 0. The van der Waals surface area contributed by atoms with Crippen molar-refractivity contribution >= 4 is 40.4 Å². The molecule has 8 nitrogen and oxygen atoms in total. The first-order chi connectivity index (χ1) is 18.9. The number of urea groups is 1. The summed E-state index contributed by atoms with van der Waals surface area (Å²) in [5.74, 6) is -0.0354. The van der Waals surface area contributed by atoms with Crippen molar-refractivity contribution in [2.45, 2.75) is 13.5 Å². The number of nitrogens with one attached hydrogen (secondary N) is 2. The van der Waals surface area contributed by atoms with Crippen LogP contribution in [0.1, 0.15) is 16.7 Å². The highest BCUT2D eigenvalue weighted by Gasteiger charge is 2.35. The third kappa shape index (κ3) is 5.75. The van der Waals surface area contributed by atoms with Crippen LogP contribution >= 0.6 is 0 Å². The number of nitrogens with zero attached hydrogens (tertiary/aromatic N) is 1. The molecule has 0 aromatic heterocycles. The Morgan fingerprint density at radius 2 is 1.72 bits per heavy atom. The number of hydrogen-bond acceptors (Lipinski definition) is 5. The van der Waals surface area contributed by atoms with Gasteiger partial charge < -0.3 is 20.1 Å². The predicted octanol–water partition coefficient (Wildman–Crippen LogP) is 5.27. The Hall–Kier alpha value is -5.11. The molecule has 5 rings (SSSR count). The molecule has 0 radical (unpaired) electrons. The number of methoxy groups -OCH3 is 1. The number of carbonyl (C=O) groups excluding carboxylic acids is 3. The molecule has 4 aromatic carbocycles. The molecule has 1 saturated heterocycles. The molecule has 1 heterocycles. The van der Waals surface area contributed by atoms with Crippen molar-refractivity contribution in [1.29, 1.82) is 0 Å². The average molecular weight is 522 g/mol. The summed E-state index contributed by atoms with van der Waals surface area (Å²) in [5, 5.41) is 7.49. The van der Waals surface area contributed by atoms with Crippen LogP contribution in [-0.4, -0.2) is 36.4 Å². The fourth-order valence-electron chi connectivity index (χ4n) is 4.33. The minimum atomic E-state index is -0.660.